The Labute approximate surface area is 345 Å². The minimum atomic E-state index is -0.795. The van der Waals surface area contributed by atoms with Crippen molar-refractivity contribution in [1.29, 1.82) is 0 Å². The first kappa shape index (κ1) is 41.7. The molecule has 0 saturated carbocycles. The Kier molecular flexibility index (Phi) is 13.7. The van der Waals surface area contributed by atoms with Gasteiger partial charge in [0, 0.05) is 28.7 Å². The van der Waals surface area contributed by atoms with Crippen molar-refractivity contribution in [2.75, 3.05) is 13.2 Å². The van der Waals surface area contributed by atoms with Crippen molar-refractivity contribution < 1.29 is 42.3 Å². The Balaban J connectivity index is 0.905. The van der Waals surface area contributed by atoms with Crippen LogP contribution in [0.3, 0.4) is 0 Å². The molecule has 0 saturated heterocycles. The fraction of sp³-hybridized carbons (Fsp3) is 0.302. The van der Waals surface area contributed by atoms with Crippen LogP contribution in [-0.4, -0.2) is 57.6 Å². The lowest BCUT2D eigenvalue weighted by Gasteiger charge is -2.11. The monoisotopic (exact) mass is 828 g/mol. The maximum absolute atomic E-state index is 12.3. The number of rotatable bonds is 17. The summed E-state index contributed by atoms with van der Waals surface area (Å²) >= 11 is 12.8. The molecule has 2 aromatic heterocycles. The number of nitrogens with zero attached hydrogens (tertiary/aromatic N) is 4. The van der Waals surface area contributed by atoms with Gasteiger partial charge in [-0.25, -0.2) is 4.79 Å². The minimum Gasteiger partial charge on any atom is -0.494 e. The van der Waals surface area contributed by atoms with Gasteiger partial charge in [0.05, 0.1) is 28.9 Å². The highest BCUT2D eigenvalue weighted by Gasteiger charge is 2.18. The topological polar surface area (TPSA) is 158 Å². The number of benzene rings is 4. The molecule has 0 N–H and O–H groups in total. The first-order valence-corrected chi connectivity index (χ1v) is 19.4. The quantitative estimate of drug-likeness (QED) is 0.0486. The Morgan fingerprint density at radius 2 is 1.14 bits per heavy atom. The summed E-state index contributed by atoms with van der Waals surface area (Å²) in [5.41, 5.74) is 4.50. The van der Waals surface area contributed by atoms with Crippen molar-refractivity contribution in [2.24, 2.45) is 0 Å². The Bertz CT molecular complexity index is 2390. The van der Waals surface area contributed by atoms with Crippen molar-refractivity contribution in [3.63, 3.8) is 0 Å². The molecule has 58 heavy (non-hydrogen) atoms. The van der Waals surface area contributed by atoms with Crippen LogP contribution in [0, 0.1) is 13.8 Å². The summed E-state index contributed by atoms with van der Waals surface area (Å²) in [7, 11) is 0. The van der Waals surface area contributed by atoms with Gasteiger partial charge in [-0.3, -0.25) is 4.79 Å². The van der Waals surface area contributed by atoms with Crippen LogP contribution in [-0.2, 0) is 14.3 Å². The lowest BCUT2D eigenvalue weighted by molar-refractivity contribution is -0.161. The van der Waals surface area contributed by atoms with E-state index in [9.17, 15) is 9.59 Å². The van der Waals surface area contributed by atoms with E-state index in [2.05, 4.69) is 20.3 Å². The molecule has 2 heterocycles. The molecule has 0 bridgehead atoms. The highest BCUT2D eigenvalue weighted by atomic mass is 35.5. The Morgan fingerprint density at radius 1 is 0.638 bits per heavy atom. The first-order valence-electron chi connectivity index (χ1n) is 18.6. The van der Waals surface area contributed by atoms with E-state index in [0.717, 1.165) is 16.7 Å². The normalized spacial score (nSPS) is 11.2. The van der Waals surface area contributed by atoms with Crippen molar-refractivity contribution in [3.05, 3.63) is 94.0 Å². The second-order valence-electron chi connectivity index (χ2n) is 13.9. The number of hydrogen-bond acceptors (Lipinski definition) is 13. The molecule has 0 radical (unpaired) electrons. The lowest BCUT2D eigenvalue weighted by Crippen LogP contribution is -2.19. The molecule has 0 aliphatic rings. The smallest absolute Gasteiger partial charge is 0.351 e. The molecule has 15 heteroatoms. The van der Waals surface area contributed by atoms with Crippen LogP contribution in [0.25, 0.3) is 45.7 Å². The number of aromatic nitrogens is 4. The molecule has 0 unspecified atom stereocenters. The SMILES string of the molecule is Cc1cc(OCCCCC(=O)OC(=O)COc2ccc(-c3noc(-c4ccc(OC(C)C)c(Cl)c4)n3)c(C)c2)ccc1-c1noc(-c2ccc(OC(C)C)c(Cl)c2)n1. The standard InChI is InChI=1S/C43H42Cl2N4O9/c1-24(2)54-36-16-10-28(21-34(36)44)42-46-40(48-57-42)32-14-12-30(19-26(32)5)52-18-8-7-9-38(50)56-39(51)23-53-31-13-15-33(27(6)20-31)41-47-43(58-49-41)29-11-17-37(35(45)22-29)55-25(3)4/h10-17,19-22,24-25H,7-9,18,23H2,1-6H3. The highest BCUT2D eigenvalue weighted by Crippen LogP contribution is 2.34. The molecular formula is C43H42Cl2N4O9. The summed E-state index contributed by atoms with van der Waals surface area (Å²) in [4.78, 5) is 33.7. The first-order chi connectivity index (χ1) is 27.8. The zero-order valence-electron chi connectivity index (χ0n) is 32.8. The summed E-state index contributed by atoms with van der Waals surface area (Å²) in [6, 6.07) is 21.3. The number of hydrogen-bond donors (Lipinski definition) is 0. The van der Waals surface area contributed by atoms with Crippen molar-refractivity contribution >= 4 is 35.1 Å². The molecule has 6 aromatic rings. The van der Waals surface area contributed by atoms with Gasteiger partial charge in [-0.2, -0.15) is 9.97 Å². The Hall–Kier alpha value is -5.92. The maximum Gasteiger partial charge on any atom is 0.351 e. The number of esters is 2. The van der Waals surface area contributed by atoms with Gasteiger partial charge in [0.25, 0.3) is 11.8 Å². The van der Waals surface area contributed by atoms with E-state index in [0.29, 0.717) is 92.6 Å². The number of carbonyl (C=O) groups is 2. The summed E-state index contributed by atoms with van der Waals surface area (Å²) < 4.78 is 38.8. The summed E-state index contributed by atoms with van der Waals surface area (Å²) in [5.74, 6) is 2.22. The van der Waals surface area contributed by atoms with Gasteiger partial charge in [0.15, 0.2) is 6.61 Å². The third-order valence-corrected chi connectivity index (χ3v) is 9.03. The molecule has 0 spiro atoms. The zero-order valence-corrected chi connectivity index (χ0v) is 34.3. The molecule has 6 rings (SSSR count). The second-order valence-corrected chi connectivity index (χ2v) is 14.7. The highest BCUT2D eigenvalue weighted by molar-refractivity contribution is 6.32. The van der Waals surface area contributed by atoms with Gasteiger partial charge >= 0.3 is 11.9 Å². The predicted molar refractivity (Wildman–Crippen MR) is 217 cm³/mol. The van der Waals surface area contributed by atoms with E-state index in [1.165, 1.54) is 0 Å². The summed E-state index contributed by atoms with van der Waals surface area (Å²) in [6.07, 6.45) is 1.06. The van der Waals surface area contributed by atoms with Crippen molar-refractivity contribution in [2.45, 2.75) is 73.0 Å². The molecule has 0 amide bonds. The fourth-order valence-corrected chi connectivity index (χ4v) is 6.18. The van der Waals surface area contributed by atoms with E-state index < -0.39 is 18.5 Å². The number of halogens is 2. The average molecular weight is 830 g/mol. The van der Waals surface area contributed by atoms with Crippen LogP contribution >= 0.6 is 23.2 Å². The van der Waals surface area contributed by atoms with Crippen LogP contribution in [0.1, 0.15) is 58.1 Å². The third-order valence-electron chi connectivity index (χ3n) is 8.44. The maximum atomic E-state index is 12.3. The molecule has 0 atom stereocenters. The van der Waals surface area contributed by atoms with E-state index in [1.807, 2.05) is 65.8 Å². The van der Waals surface area contributed by atoms with Crippen LogP contribution < -0.4 is 18.9 Å². The molecular weight excluding hydrogens is 787 g/mol. The molecule has 0 aliphatic heterocycles. The lowest BCUT2D eigenvalue weighted by atomic mass is 10.1. The van der Waals surface area contributed by atoms with E-state index >= 15 is 0 Å². The van der Waals surface area contributed by atoms with Crippen LogP contribution in [0.4, 0.5) is 0 Å². The minimum absolute atomic E-state index is 0.00544. The molecule has 302 valence electrons. The van der Waals surface area contributed by atoms with Gasteiger partial charge in [-0.15, -0.1) is 0 Å². The third kappa shape index (κ3) is 10.9. The molecule has 0 fully saturated rings. The number of ether oxygens (including phenoxy) is 5. The van der Waals surface area contributed by atoms with Crippen LogP contribution in [0.15, 0.2) is 81.8 Å². The Morgan fingerprint density at radius 3 is 1.60 bits per heavy atom. The summed E-state index contributed by atoms with van der Waals surface area (Å²) in [6.45, 7) is 11.4. The summed E-state index contributed by atoms with van der Waals surface area (Å²) in [5, 5.41) is 9.15. The van der Waals surface area contributed by atoms with Crippen LogP contribution in [0.2, 0.25) is 10.0 Å². The van der Waals surface area contributed by atoms with Gasteiger partial charge in [0.2, 0.25) is 11.6 Å². The molecule has 13 nitrogen and oxygen atoms in total. The van der Waals surface area contributed by atoms with Crippen LogP contribution in [0.5, 0.6) is 23.0 Å². The number of carbonyl (C=O) groups excluding carboxylic acids is 2. The number of unbranched alkanes of at least 4 members (excludes halogenated alkanes) is 1. The van der Waals surface area contributed by atoms with Gasteiger partial charge in [-0.05, 0) is 138 Å². The van der Waals surface area contributed by atoms with Crippen molar-refractivity contribution in [1.82, 2.24) is 20.3 Å². The fourth-order valence-electron chi connectivity index (χ4n) is 5.73. The average Bonchev–Trinajstić information content (AvgIpc) is 3.87. The van der Waals surface area contributed by atoms with Gasteiger partial charge in [0.1, 0.15) is 23.0 Å². The molecule has 4 aromatic carbocycles. The van der Waals surface area contributed by atoms with Crippen molar-refractivity contribution in [3.8, 4) is 68.7 Å². The predicted octanol–water partition coefficient (Wildman–Crippen LogP) is 10.3. The van der Waals surface area contributed by atoms with Gasteiger partial charge in [-0.1, -0.05) is 33.5 Å². The molecule has 0 aliphatic carbocycles. The zero-order chi connectivity index (χ0) is 41.3. The number of aryl methyl sites for hydroxylation is 2. The van der Waals surface area contributed by atoms with E-state index in [-0.39, 0.29) is 18.6 Å². The van der Waals surface area contributed by atoms with E-state index in [1.54, 1.807) is 48.5 Å². The van der Waals surface area contributed by atoms with Gasteiger partial charge < -0.3 is 32.7 Å². The second kappa shape index (κ2) is 19.0. The largest absolute Gasteiger partial charge is 0.494 e. The van der Waals surface area contributed by atoms with E-state index in [4.69, 9.17) is 55.9 Å².